The number of ether oxygens (including phenoxy) is 3. The van der Waals surface area contributed by atoms with Gasteiger partial charge < -0.3 is 19.4 Å². The molecule has 3 heterocycles. The highest BCUT2D eigenvalue weighted by Crippen LogP contribution is 2.44. The summed E-state index contributed by atoms with van der Waals surface area (Å²) in [6, 6.07) is 11.5. The lowest BCUT2D eigenvalue weighted by molar-refractivity contribution is -0.584. The van der Waals surface area contributed by atoms with Gasteiger partial charge in [0.05, 0.1) is 29.7 Å². The van der Waals surface area contributed by atoms with E-state index in [1.807, 2.05) is 58.0 Å². The van der Waals surface area contributed by atoms with Crippen LogP contribution >= 0.6 is 0 Å². The zero-order chi connectivity index (χ0) is 26.5. The molecule has 0 radical (unpaired) electrons. The maximum atomic E-state index is 13.4. The van der Waals surface area contributed by atoms with Crippen molar-refractivity contribution in [3.8, 4) is 16.9 Å². The monoisotopic (exact) mass is 500 g/mol. The minimum Gasteiger partial charge on any atom is -0.618 e. The molecule has 0 aliphatic carbocycles. The molecule has 7 nitrogen and oxygen atoms in total. The summed E-state index contributed by atoms with van der Waals surface area (Å²) < 4.78 is 18.7. The number of esters is 1. The molecule has 2 aromatic carbocycles. The van der Waals surface area contributed by atoms with Gasteiger partial charge in [0.1, 0.15) is 5.75 Å². The third-order valence-corrected chi connectivity index (χ3v) is 6.70. The number of nitrogens with zero attached hydrogens (tertiary/aromatic N) is 2. The second-order valence-corrected chi connectivity index (χ2v) is 10.4. The fourth-order valence-electron chi connectivity index (χ4n) is 5.16. The first-order valence-electron chi connectivity index (χ1n) is 12.6. The number of hydrogen-bond acceptors (Lipinski definition) is 6. The maximum absolute atomic E-state index is 13.4. The number of fused-ring (bicyclic) bond motifs is 1. The maximum Gasteiger partial charge on any atom is 0.339 e. The van der Waals surface area contributed by atoms with E-state index in [0.29, 0.717) is 28.8 Å². The Bertz CT molecular complexity index is 1530. The van der Waals surface area contributed by atoms with Gasteiger partial charge in [0, 0.05) is 53.8 Å². The molecule has 7 heteroatoms. The molecule has 4 aromatic rings. The lowest BCUT2D eigenvalue weighted by Crippen LogP contribution is -2.32. The van der Waals surface area contributed by atoms with Crippen molar-refractivity contribution in [2.24, 2.45) is 0 Å². The summed E-state index contributed by atoms with van der Waals surface area (Å²) in [5.41, 5.74) is 5.38. The molecule has 2 aromatic heterocycles. The van der Waals surface area contributed by atoms with Gasteiger partial charge in [-0.2, -0.15) is 4.73 Å². The molecule has 0 spiro atoms. The fourth-order valence-corrected chi connectivity index (χ4v) is 5.16. The molecule has 1 aliphatic rings. The van der Waals surface area contributed by atoms with Crippen molar-refractivity contribution in [3.05, 3.63) is 70.2 Å². The first-order valence-corrected chi connectivity index (χ1v) is 12.6. The van der Waals surface area contributed by atoms with E-state index in [2.05, 4.69) is 0 Å². The summed E-state index contributed by atoms with van der Waals surface area (Å²) in [6.45, 7) is 12.0. The van der Waals surface area contributed by atoms with Gasteiger partial charge in [0.2, 0.25) is 5.52 Å². The average molecular weight is 501 g/mol. The van der Waals surface area contributed by atoms with E-state index in [1.54, 1.807) is 26.1 Å². The number of aryl methyl sites for hydroxylation is 2. The van der Waals surface area contributed by atoms with Gasteiger partial charge in [0.15, 0.2) is 11.8 Å². The summed E-state index contributed by atoms with van der Waals surface area (Å²) >= 11 is 0. The molecule has 1 atom stereocenters. The van der Waals surface area contributed by atoms with Crippen molar-refractivity contribution in [3.63, 3.8) is 0 Å². The van der Waals surface area contributed by atoms with Crippen LogP contribution in [0.5, 0.6) is 5.75 Å². The van der Waals surface area contributed by atoms with Crippen molar-refractivity contribution in [2.75, 3.05) is 13.2 Å². The Morgan fingerprint density at radius 1 is 1.19 bits per heavy atom. The molecule has 5 rings (SSSR count). The van der Waals surface area contributed by atoms with Crippen molar-refractivity contribution >= 4 is 27.8 Å². The van der Waals surface area contributed by atoms with Crippen molar-refractivity contribution in [2.45, 2.75) is 59.7 Å². The molecule has 0 fully saturated rings. The third kappa shape index (κ3) is 4.37. The number of hydrogen-bond donors (Lipinski definition) is 0. The minimum absolute atomic E-state index is 0.227. The van der Waals surface area contributed by atoms with E-state index in [4.69, 9.17) is 19.2 Å². The second-order valence-electron chi connectivity index (χ2n) is 10.4. The zero-order valence-corrected chi connectivity index (χ0v) is 22.2. The summed E-state index contributed by atoms with van der Waals surface area (Å²) in [4.78, 5) is 18.2. The van der Waals surface area contributed by atoms with Crippen LogP contribution in [-0.4, -0.2) is 29.8 Å². The van der Waals surface area contributed by atoms with Crippen molar-refractivity contribution in [1.29, 1.82) is 0 Å². The number of benzene rings is 2. The number of pyridine rings is 2. The predicted octanol–water partition coefficient (Wildman–Crippen LogP) is 5.66. The largest absolute Gasteiger partial charge is 0.618 e. The molecule has 1 aliphatic heterocycles. The fraction of sp³-hybridized carbons (Fsp3) is 0.367. The first kappa shape index (κ1) is 25.0. The van der Waals surface area contributed by atoms with Crippen LogP contribution in [0.25, 0.3) is 32.9 Å². The molecule has 0 saturated carbocycles. The van der Waals surface area contributed by atoms with E-state index >= 15 is 0 Å². The van der Waals surface area contributed by atoms with Crippen LogP contribution in [0.4, 0.5) is 0 Å². The predicted molar refractivity (Wildman–Crippen MR) is 143 cm³/mol. The summed E-state index contributed by atoms with van der Waals surface area (Å²) in [5, 5.41) is 14.9. The second kappa shape index (κ2) is 9.30. The number of aromatic nitrogens is 2. The molecule has 37 heavy (non-hydrogen) atoms. The smallest absolute Gasteiger partial charge is 0.339 e. The third-order valence-electron chi connectivity index (χ3n) is 6.70. The highest BCUT2D eigenvalue weighted by Gasteiger charge is 2.34. The zero-order valence-electron chi connectivity index (χ0n) is 22.2. The molecular weight excluding hydrogens is 468 g/mol. The van der Waals surface area contributed by atoms with Gasteiger partial charge in [-0.1, -0.05) is 0 Å². The van der Waals surface area contributed by atoms with Crippen LogP contribution in [0.15, 0.2) is 42.6 Å². The SMILES string of the molecule is CCOC(=O)[C@@H](OC(C)(C)C)c1c(C)cc2c(ccc(C)[n+]2[O-])c1-c1ccc2c3c(ccnc13)CCO2. The van der Waals surface area contributed by atoms with E-state index in [1.165, 1.54) is 0 Å². The Kier molecular flexibility index (Phi) is 6.28. The van der Waals surface area contributed by atoms with Gasteiger partial charge in [-0.25, -0.2) is 4.79 Å². The summed E-state index contributed by atoms with van der Waals surface area (Å²) in [6.07, 6.45) is 1.60. The van der Waals surface area contributed by atoms with E-state index < -0.39 is 17.7 Å². The highest BCUT2D eigenvalue weighted by atomic mass is 16.6. The number of rotatable bonds is 5. The first-order chi connectivity index (χ1) is 17.6. The Labute approximate surface area is 216 Å². The molecule has 192 valence electrons. The van der Waals surface area contributed by atoms with E-state index in [0.717, 1.165) is 50.1 Å². The topological polar surface area (TPSA) is 84.6 Å². The molecule has 0 unspecified atom stereocenters. The van der Waals surface area contributed by atoms with Crippen LogP contribution in [0.3, 0.4) is 0 Å². The molecule has 0 saturated heterocycles. The highest BCUT2D eigenvalue weighted by molar-refractivity contribution is 6.07. The van der Waals surface area contributed by atoms with Crippen LogP contribution in [-0.2, 0) is 20.7 Å². The normalized spacial score (nSPS) is 14.0. The van der Waals surface area contributed by atoms with Crippen molar-refractivity contribution < 1.29 is 23.7 Å². The standard InChI is InChI=1S/C30H32N2O5/c1-7-35-29(33)28(37-30(4,5)6)24-17(2)16-22-20(9-8-18(3)32(22)34)26(24)21-10-11-23-25-19(13-15-36-23)12-14-31-27(21)25/h8-12,14,16,28H,7,13,15H2,1-6H3/t28-/m0/s1. The number of carbonyl (C=O) groups is 1. The Hall–Kier alpha value is -3.71. The van der Waals surface area contributed by atoms with Gasteiger partial charge in [0.25, 0.3) is 0 Å². The Balaban J connectivity index is 1.92. The van der Waals surface area contributed by atoms with Crippen molar-refractivity contribution in [1.82, 2.24) is 4.98 Å². The van der Waals surface area contributed by atoms with Gasteiger partial charge in [-0.05, 0) is 70.0 Å². The molecule has 0 N–H and O–H groups in total. The molecular formula is C30H32N2O5. The van der Waals surface area contributed by atoms with Crippen LogP contribution in [0, 0.1) is 19.1 Å². The summed E-state index contributed by atoms with van der Waals surface area (Å²) in [7, 11) is 0. The quantitative estimate of drug-likeness (QED) is 0.200. The van der Waals surface area contributed by atoms with Crippen LogP contribution in [0.2, 0.25) is 0 Å². The lowest BCUT2D eigenvalue weighted by Gasteiger charge is -2.29. The van der Waals surface area contributed by atoms with Gasteiger partial charge in [-0.3, -0.25) is 4.98 Å². The Morgan fingerprint density at radius 3 is 2.70 bits per heavy atom. The van der Waals surface area contributed by atoms with E-state index in [9.17, 15) is 10.0 Å². The van der Waals surface area contributed by atoms with Crippen LogP contribution in [0.1, 0.15) is 56.2 Å². The Morgan fingerprint density at radius 2 is 1.97 bits per heavy atom. The van der Waals surface area contributed by atoms with E-state index in [-0.39, 0.29) is 6.61 Å². The van der Waals surface area contributed by atoms with Crippen LogP contribution < -0.4 is 9.47 Å². The minimum atomic E-state index is -0.997. The molecule has 0 amide bonds. The summed E-state index contributed by atoms with van der Waals surface area (Å²) in [5.74, 6) is 0.316. The average Bonchev–Trinajstić information content (AvgIpc) is 2.85. The number of carbonyl (C=O) groups excluding carboxylic acids is 1. The van der Waals surface area contributed by atoms with Gasteiger partial charge in [-0.15, -0.1) is 0 Å². The molecule has 0 bridgehead atoms. The lowest BCUT2D eigenvalue weighted by atomic mass is 9.86. The van der Waals surface area contributed by atoms with Gasteiger partial charge >= 0.3 is 5.97 Å².